The zero-order chi connectivity index (χ0) is 10.6. The molecule has 1 aliphatic heterocycles. The van der Waals surface area contributed by atoms with Gasteiger partial charge < -0.3 is 20.1 Å². The first-order valence-corrected chi connectivity index (χ1v) is 4.88. The lowest BCUT2D eigenvalue weighted by Crippen LogP contribution is -2.50. The van der Waals surface area contributed by atoms with Crippen LogP contribution in [0.25, 0.3) is 0 Å². The first kappa shape index (κ1) is 11.2. The number of carbonyl (C=O) groups is 1. The molecule has 0 spiro atoms. The van der Waals surface area contributed by atoms with Gasteiger partial charge in [0.05, 0.1) is 19.8 Å². The van der Waals surface area contributed by atoms with Crippen molar-refractivity contribution in [3.05, 3.63) is 0 Å². The van der Waals surface area contributed by atoms with E-state index in [1.54, 1.807) is 11.8 Å². The Labute approximate surface area is 88.1 Å². The number of ether oxygens (including phenoxy) is 2. The first-order valence-electron chi connectivity index (χ1n) is 4.47. The van der Waals surface area contributed by atoms with Crippen LogP contribution in [0.1, 0.15) is 6.92 Å². The van der Waals surface area contributed by atoms with Crippen LogP contribution in [0.2, 0.25) is 0 Å². The number of hydrogen-bond acceptors (Lipinski definition) is 4. The lowest BCUT2D eigenvalue weighted by molar-refractivity contribution is 0.00448. The maximum absolute atomic E-state index is 11.3. The molecular formula is C8H14N2O3S. The van der Waals surface area contributed by atoms with E-state index in [2.05, 4.69) is 0 Å². The van der Waals surface area contributed by atoms with Gasteiger partial charge in [-0.05, 0) is 6.92 Å². The Bertz CT molecular complexity index is 235. The van der Waals surface area contributed by atoms with Gasteiger partial charge in [-0.1, -0.05) is 12.2 Å². The molecule has 1 saturated heterocycles. The summed E-state index contributed by atoms with van der Waals surface area (Å²) in [5, 5.41) is 0. The average Bonchev–Trinajstić information content (AvgIpc) is 2.18. The van der Waals surface area contributed by atoms with E-state index in [1.165, 1.54) is 0 Å². The quantitative estimate of drug-likeness (QED) is 0.667. The molecule has 0 bridgehead atoms. The van der Waals surface area contributed by atoms with Crippen LogP contribution < -0.4 is 5.73 Å². The van der Waals surface area contributed by atoms with Crippen LogP contribution in [-0.2, 0) is 9.47 Å². The minimum Gasteiger partial charge on any atom is -0.450 e. The van der Waals surface area contributed by atoms with Crippen molar-refractivity contribution >= 4 is 23.3 Å². The molecular weight excluding hydrogens is 204 g/mol. The van der Waals surface area contributed by atoms with E-state index >= 15 is 0 Å². The first-order chi connectivity index (χ1) is 6.65. The molecule has 14 heavy (non-hydrogen) atoms. The minimum absolute atomic E-state index is 0.277. The molecule has 1 fully saturated rings. The molecule has 1 heterocycles. The molecule has 1 aliphatic rings. The smallest absolute Gasteiger partial charge is 0.409 e. The zero-order valence-electron chi connectivity index (χ0n) is 8.06. The summed E-state index contributed by atoms with van der Waals surface area (Å²) in [6.07, 6.45) is -0.680. The molecule has 1 rings (SSSR count). The number of nitrogens with two attached hydrogens (primary N) is 1. The SMILES string of the molecule is CCOC(=O)N1CCOC(C(N)=S)C1. The molecule has 0 radical (unpaired) electrons. The van der Waals surface area contributed by atoms with Crippen molar-refractivity contribution in [3.63, 3.8) is 0 Å². The minimum atomic E-state index is -0.344. The highest BCUT2D eigenvalue weighted by molar-refractivity contribution is 7.80. The number of carbonyl (C=O) groups excluding carboxylic acids is 1. The van der Waals surface area contributed by atoms with Crippen LogP contribution in [-0.4, -0.2) is 48.4 Å². The lowest BCUT2D eigenvalue weighted by atomic mass is 10.3. The molecule has 2 N–H and O–H groups in total. The largest absolute Gasteiger partial charge is 0.450 e. The molecule has 1 unspecified atom stereocenters. The summed E-state index contributed by atoms with van der Waals surface area (Å²) in [6.45, 7) is 3.49. The number of nitrogens with zero attached hydrogens (tertiary/aromatic N) is 1. The van der Waals surface area contributed by atoms with Crippen LogP contribution in [0.3, 0.4) is 0 Å². The summed E-state index contributed by atoms with van der Waals surface area (Å²) in [5.74, 6) is 0. The third-order valence-electron chi connectivity index (χ3n) is 1.91. The molecule has 1 amide bonds. The Kier molecular flexibility index (Phi) is 4.09. The van der Waals surface area contributed by atoms with Crippen LogP contribution in [0.4, 0.5) is 4.79 Å². The van der Waals surface area contributed by atoms with Crippen LogP contribution >= 0.6 is 12.2 Å². The highest BCUT2D eigenvalue weighted by Crippen LogP contribution is 2.06. The van der Waals surface area contributed by atoms with E-state index in [1.807, 2.05) is 0 Å². The molecule has 5 nitrogen and oxygen atoms in total. The molecule has 0 aliphatic carbocycles. The molecule has 0 aromatic carbocycles. The van der Waals surface area contributed by atoms with Gasteiger partial charge in [-0.25, -0.2) is 4.79 Å². The van der Waals surface area contributed by atoms with Crippen molar-refractivity contribution in [2.45, 2.75) is 13.0 Å². The van der Waals surface area contributed by atoms with Crippen molar-refractivity contribution in [2.24, 2.45) is 5.73 Å². The van der Waals surface area contributed by atoms with Gasteiger partial charge in [0.15, 0.2) is 0 Å². The molecule has 0 aromatic heterocycles. The Hall–Kier alpha value is -0.880. The second kappa shape index (κ2) is 5.11. The Morgan fingerprint density at radius 3 is 3.07 bits per heavy atom. The van der Waals surface area contributed by atoms with Gasteiger partial charge in [0.1, 0.15) is 11.1 Å². The van der Waals surface area contributed by atoms with Crippen molar-refractivity contribution < 1.29 is 14.3 Å². The van der Waals surface area contributed by atoms with Gasteiger partial charge in [0, 0.05) is 6.54 Å². The van der Waals surface area contributed by atoms with Crippen molar-refractivity contribution in [2.75, 3.05) is 26.3 Å². The Morgan fingerprint density at radius 1 is 1.79 bits per heavy atom. The Morgan fingerprint density at radius 2 is 2.50 bits per heavy atom. The second-order valence-electron chi connectivity index (χ2n) is 2.91. The fourth-order valence-electron chi connectivity index (χ4n) is 1.20. The van der Waals surface area contributed by atoms with Gasteiger partial charge in [0.2, 0.25) is 0 Å². The van der Waals surface area contributed by atoms with E-state index in [0.717, 1.165) is 0 Å². The molecule has 0 saturated carbocycles. The second-order valence-corrected chi connectivity index (χ2v) is 3.38. The normalized spacial score (nSPS) is 21.8. The maximum atomic E-state index is 11.3. The van der Waals surface area contributed by atoms with Gasteiger partial charge in [-0.2, -0.15) is 0 Å². The predicted molar refractivity (Wildman–Crippen MR) is 55.1 cm³/mol. The summed E-state index contributed by atoms with van der Waals surface area (Å²) in [4.78, 5) is 13.2. The highest BCUT2D eigenvalue weighted by atomic mass is 32.1. The summed E-state index contributed by atoms with van der Waals surface area (Å²) in [5.41, 5.74) is 5.43. The van der Waals surface area contributed by atoms with E-state index in [-0.39, 0.29) is 17.2 Å². The topological polar surface area (TPSA) is 64.8 Å². The number of thiocarbonyl (C=S) groups is 1. The summed E-state index contributed by atoms with van der Waals surface area (Å²) < 4.78 is 10.1. The standard InChI is InChI=1S/C8H14N2O3S/c1-2-12-8(11)10-3-4-13-6(5-10)7(9)14/h6H,2-5H2,1H3,(H2,9,14). The molecule has 6 heteroatoms. The van der Waals surface area contributed by atoms with Crippen LogP contribution in [0, 0.1) is 0 Å². The van der Waals surface area contributed by atoms with Crippen molar-refractivity contribution in [1.29, 1.82) is 0 Å². The predicted octanol–water partition coefficient (Wildman–Crippen LogP) is 0.130. The molecule has 0 aromatic rings. The highest BCUT2D eigenvalue weighted by Gasteiger charge is 2.26. The van der Waals surface area contributed by atoms with E-state index in [4.69, 9.17) is 27.4 Å². The maximum Gasteiger partial charge on any atom is 0.409 e. The number of hydrogen-bond donors (Lipinski definition) is 1. The van der Waals surface area contributed by atoms with E-state index in [9.17, 15) is 4.79 Å². The number of morpholine rings is 1. The van der Waals surface area contributed by atoms with Crippen LogP contribution in [0.5, 0.6) is 0 Å². The fraction of sp³-hybridized carbons (Fsp3) is 0.750. The van der Waals surface area contributed by atoms with E-state index in [0.29, 0.717) is 26.3 Å². The van der Waals surface area contributed by atoms with Gasteiger partial charge >= 0.3 is 6.09 Å². The zero-order valence-corrected chi connectivity index (χ0v) is 8.88. The number of amides is 1. The summed E-state index contributed by atoms with van der Waals surface area (Å²) >= 11 is 4.79. The van der Waals surface area contributed by atoms with Crippen molar-refractivity contribution in [1.82, 2.24) is 4.90 Å². The third kappa shape index (κ3) is 2.81. The van der Waals surface area contributed by atoms with Gasteiger partial charge in [0.25, 0.3) is 0 Å². The average molecular weight is 218 g/mol. The molecule has 1 atom stereocenters. The number of rotatable bonds is 2. The van der Waals surface area contributed by atoms with Crippen molar-refractivity contribution in [3.8, 4) is 0 Å². The Balaban J connectivity index is 2.47. The van der Waals surface area contributed by atoms with Crippen LogP contribution in [0.15, 0.2) is 0 Å². The summed E-state index contributed by atoms with van der Waals surface area (Å²) in [6, 6.07) is 0. The van der Waals surface area contributed by atoms with Gasteiger partial charge in [-0.15, -0.1) is 0 Å². The van der Waals surface area contributed by atoms with E-state index < -0.39 is 0 Å². The molecule has 80 valence electrons. The third-order valence-corrected chi connectivity index (χ3v) is 2.17. The fourth-order valence-corrected chi connectivity index (χ4v) is 1.34. The monoisotopic (exact) mass is 218 g/mol. The summed E-state index contributed by atoms with van der Waals surface area (Å²) in [7, 11) is 0. The lowest BCUT2D eigenvalue weighted by Gasteiger charge is -2.31. The van der Waals surface area contributed by atoms with Gasteiger partial charge in [-0.3, -0.25) is 0 Å².